The first-order valence-corrected chi connectivity index (χ1v) is 7.51. The van der Waals surface area contributed by atoms with Gasteiger partial charge in [0.2, 0.25) is 0 Å². The van der Waals surface area contributed by atoms with Gasteiger partial charge in [0.05, 0.1) is 15.7 Å². The number of likely N-dealkylation sites (N-methyl/N-ethyl adjacent to an activating group) is 2. The van der Waals surface area contributed by atoms with Crippen LogP contribution in [0, 0.1) is 0 Å². The first-order chi connectivity index (χ1) is 8.70. The van der Waals surface area contributed by atoms with Gasteiger partial charge in [0.25, 0.3) is 0 Å². The number of nitrogens with zero attached hydrogens (tertiary/aromatic N) is 2. The van der Waals surface area contributed by atoms with Gasteiger partial charge in [-0.05, 0) is 52.9 Å². The Balaban J connectivity index is 2.49. The minimum atomic E-state index is 0.702. The molecule has 1 aliphatic rings. The molecule has 1 fully saturated rings. The minimum Gasteiger partial charge on any atom is -0.302 e. The van der Waals surface area contributed by atoms with Crippen molar-refractivity contribution in [3.63, 3.8) is 0 Å². The third-order valence-electron chi connectivity index (χ3n) is 4.26. The van der Waals surface area contributed by atoms with Crippen LogP contribution in [0.1, 0.15) is 38.5 Å². The first kappa shape index (κ1) is 16.1. The van der Waals surface area contributed by atoms with Crippen molar-refractivity contribution in [3.8, 4) is 0 Å². The standard InChI is InChI=1S/C14H28B2N2/c1-17(11-5-9-15)13-7-3-4-8-14(13)18(2)12-6-10-16/h13-14H,3-12H2,1-2H3. The molecule has 18 heavy (non-hydrogen) atoms. The monoisotopic (exact) mass is 246 g/mol. The van der Waals surface area contributed by atoms with Gasteiger partial charge in [-0.15, -0.1) is 0 Å². The second kappa shape index (κ2) is 9.03. The van der Waals surface area contributed by atoms with E-state index in [9.17, 15) is 0 Å². The Bertz CT molecular complexity index is 192. The van der Waals surface area contributed by atoms with Crippen molar-refractivity contribution in [2.45, 2.75) is 63.2 Å². The van der Waals surface area contributed by atoms with E-state index in [1.165, 1.54) is 25.7 Å². The van der Waals surface area contributed by atoms with Crippen LogP contribution in [0.4, 0.5) is 0 Å². The summed E-state index contributed by atoms with van der Waals surface area (Å²) in [6, 6.07) is 1.40. The van der Waals surface area contributed by atoms with Gasteiger partial charge >= 0.3 is 0 Å². The van der Waals surface area contributed by atoms with Gasteiger partial charge in [-0.25, -0.2) is 0 Å². The van der Waals surface area contributed by atoms with Crippen molar-refractivity contribution in [1.29, 1.82) is 0 Å². The Morgan fingerprint density at radius 3 is 1.56 bits per heavy atom. The highest BCUT2D eigenvalue weighted by atomic mass is 15.2. The lowest BCUT2D eigenvalue weighted by molar-refractivity contribution is 0.0778. The Labute approximate surface area is 116 Å². The lowest BCUT2D eigenvalue weighted by Crippen LogP contribution is -2.51. The molecule has 1 rings (SSSR count). The summed E-state index contributed by atoms with van der Waals surface area (Å²) in [5.74, 6) is 0. The van der Waals surface area contributed by atoms with Crippen molar-refractivity contribution in [3.05, 3.63) is 0 Å². The van der Waals surface area contributed by atoms with Crippen LogP contribution in [-0.2, 0) is 0 Å². The summed E-state index contributed by atoms with van der Waals surface area (Å²) in [5.41, 5.74) is 0. The molecule has 4 radical (unpaired) electrons. The average Bonchev–Trinajstić information content (AvgIpc) is 2.42. The number of rotatable bonds is 8. The Hall–Kier alpha value is 0.0499. The van der Waals surface area contributed by atoms with E-state index in [0.717, 1.165) is 38.6 Å². The van der Waals surface area contributed by atoms with Crippen LogP contribution < -0.4 is 0 Å². The predicted octanol–water partition coefficient (Wildman–Crippen LogP) is 2.11. The predicted molar refractivity (Wildman–Crippen MR) is 81.7 cm³/mol. The van der Waals surface area contributed by atoms with Crippen LogP contribution in [0.25, 0.3) is 0 Å². The van der Waals surface area contributed by atoms with Crippen molar-refractivity contribution >= 4 is 15.7 Å². The number of hydrogen-bond donors (Lipinski definition) is 0. The normalized spacial score (nSPS) is 24.9. The van der Waals surface area contributed by atoms with Gasteiger partial charge < -0.3 is 9.80 Å². The summed E-state index contributed by atoms with van der Waals surface area (Å²) in [6.45, 7) is 2.25. The second-order valence-electron chi connectivity index (χ2n) is 5.66. The maximum Gasteiger partial charge on any atom is 0.0653 e. The Morgan fingerprint density at radius 1 is 0.833 bits per heavy atom. The molecule has 2 atom stereocenters. The molecular weight excluding hydrogens is 218 g/mol. The van der Waals surface area contributed by atoms with Crippen molar-refractivity contribution < 1.29 is 0 Å². The maximum absolute atomic E-state index is 5.62. The summed E-state index contributed by atoms with van der Waals surface area (Å²) >= 11 is 0. The molecule has 0 N–H and O–H groups in total. The van der Waals surface area contributed by atoms with E-state index < -0.39 is 0 Å². The molecule has 4 heteroatoms. The lowest BCUT2D eigenvalue weighted by Gasteiger charge is -2.42. The fourth-order valence-corrected chi connectivity index (χ4v) is 3.13. The van der Waals surface area contributed by atoms with Crippen LogP contribution in [0.3, 0.4) is 0 Å². The summed E-state index contributed by atoms with van der Waals surface area (Å²) in [5, 5.41) is 0. The third-order valence-corrected chi connectivity index (χ3v) is 4.26. The quantitative estimate of drug-likeness (QED) is 0.605. The van der Waals surface area contributed by atoms with Gasteiger partial charge in [-0.2, -0.15) is 0 Å². The number of hydrogen-bond acceptors (Lipinski definition) is 2. The SMILES string of the molecule is [B]CCCN(C)C1CCCCC1N(C)CCC[B]. The Morgan fingerprint density at radius 2 is 1.22 bits per heavy atom. The summed E-state index contributed by atoms with van der Waals surface area (Å²) in [4.78, 5) is 5.05. The van der Waals surface area contributed by atoms with E-state index in [0.29, 0.717) is 12.1 Å². The fraction of sp³-hybridized carbons (Fsp3) is 1.00. The zero-order valence-corrected chi connectivity index (χ0v) is 12.3. The molecule has 0 aromatic heterocycles. The summed E-state index contributed by atoms with van der Waals surface area (Å²) in [6.07, 6.45) is 9.21. The molecule has 0 aromatic rings. The molecule has 2 unspecified atom stereocenters. The highest BCUT2D eigenvalue weighted by Crippen LogP contribution is 2.26. The van der Waals surface area contributed by atoms with Crippen LogP contribution in [0.15, 0.2) is 0 Å². The molecule has 0 amide bonds. The summed E-state index contributed by atoms with van der Waals surface area (Å²) in [7, 11) is 15.7. The van der Waals surface area contributed by atoms with E-state index in [4.69, 9.17) is 15.7 Å². The molecule has 0 aromatic carbocycles. The second-order valence-corrected chi connectivity index (χ2v) is 5.66. The van der Waals surface area contributed by atoms with Crippen LogP contribution >= 0.6 is 0 Å². The molecule has 0 spiro atoms. The van der Waals surface area contributed by atoms with Crippen LogP contribution in [-0.4, -0.2) is 64.8 Å². The molecule has 0 aliphatic heterocycles. The molecule has 2 nitrogen and oxygen atoms in total. The van der Waals surface area contributed by atoms with E-state index in [-0.39, 0.29) is 0 Å². The fourth-order valence-electron chi connectivity index (χ4n) is 3.13. The molecule has 0 saturated heterocycles. The van der Waals surface area contributed by atoms with Crippen molar-refractivity contribution in [2.24, 2.45) is 0 Å². The minimum absolute atomic E-state index is 0.702. The van der Waals surface area contributed by atoms with Crippen molar-refractivity contribution in [2.75, 3.05) is 27.2 Å². The smallest absolute Gasteiger partial charge is 0.0653 e. The van der Waals surface area contributed by atoms with E-state index in [1.807, 2.05) is 0 Å². The average molecular weight is 246 g/mol. The molecule has 100 valence electrons. The zero-order valence-electron chi connectivity index (χ0n) is 12.3. The van der Waals surface area contributed by atoms with Crippen LogP contribution in [0.2, 0.25) is 12.6 Å². The van der Waals surface area contributed by atoms with E-state index in [1.54, 1.807) is 0 Å². The van der Waals surface area contributed by atoms with E-state index >= 15 is 0 Å². The largest absolute Gasteiger partial charge is 0.302 e. The molecule has 1 aliphatic carbocycles. The lowest BCUT2D eigenvalue weighted by atomic mass is 9.87. The first-order valence-electron chi connectivity index (χ1n) is 7.51. The maximum atomic E-state index is 5.62. The third kappa shape index (κ3) is 4.97. The molecule has 0 bridgehead atoms. The molecular formula is C14H28B2N2. The van der Waals surface area contributed by atoms with E-state index in [2.05, 4.69) is 23.9 Å². The van der Waals surface area contributed by atoms with Gasteiger partial charge in [0, 0.05) is 12.1 Å². The molecule has 0 heterocycles. The van der Waals surface area contributed by atoms with Crippen molar-refractivity contribution in [1.82, 2.24) is 9.80 Å². The highest BCUT2D eigenvalue weighted by Gasteiger charge is 2.30. The topological polar surface area (TPSA) is 6.48 Å². The Kier molecular flexibility index (Phi) is 8.08. The van der Waals surface area contributed by atoms with Gasteiger partial charge in [0.15, 0.2) is 0 Å². The van der Waals surface area contributed by atoms with Gasteiger partial charge in [-0.3, -0.25) is 0 Å². The van der Waals surface area contributed by atoms with Crippen LogP contribution in [0.5, 0.6) is 0 Å². The molecule has 1 saturated carbocycles. The zero-order chi connectivity index (χ0) is 13.4. The van der Waals surface area contributed by atoms with Gasteiger partial charge in [-0.1, -0.05) is 25.5 Å². The van der Waals surface area contributed by atoms with Gasteiger partial charge in [0.1, 0.15) is 0 Å². The highest BCUT2D eigenvalue weighted by molar-refractivity contribution is 6.08. The summed E-state index contributed by atoms with van der Waals surface area (Å²) < 4.78 is 0.